The van der Waals surface area contributed by atoms with Gasteiger partial charge in [0.15, 0.2) is 0 Å². The molecular formula is C12H14Cl2N2. The summed E-state index contributed by atoms with van der Waals surface area (Å²) in [5, 5.41) is 0. The van der Waals surface area contributed by atoms with Crippen LogP contribution in [0.2, 0.25) is 0 Å². The van der Waals surface area contributed by atoms with Crippen molar-refractivity contribution in [2.24, 2.45) is 5.73 Å². The molecule has 1 aromatic heterocycles. The number of benzene rings is 1. The molecule has 86 valence electrons. The molecule has 0 bridgehead atoms. The van der Waals surface area contributed by atoms with E-state index in [2.05, 4.69) is 4.98 Å². The smallest absolute Gasteiger partial charge is 0.0702 e. The van der Waals surface area contributed by atoms with E-state index in [0.29, 0.717) is 6.54 Å². The Bertz CT molecular complexity index is 401. The Labute approximate surface area is 108 Å². The van der Waals surface area contributed by atoms with Gasteiger partial charge in [0.1, 0.15) is 0 Å². The summed E-state index contributed by atoms with van der Waals surface area (Å²) < 4.78 is 0. The van der Waals surface area contributed by atoms with Crippen LogP contribution in [0, 0.1) is 0 Å². The van der Waals surface area contributed by atoms with Gasteiger partial charge in [0.05, 0.1) is 5.69 Å². The van der Waals surface area contributed by atoms with E-state index in [-0.39, 0.29) is 24.8 Å². The lowest BCUT2D eigenvalue weighted by Gasteiger charge is -2.01. The first-order chi connectivity index (χ1) is 6.90. The first-order valence-corrected chi connectivity index (χ1v) is 4.60. The molecule has 4 heteroatoms. The number of rotatable bonds is 2. The minimum absolute atomic E-state index is 0. The average molecular weight is 257 g/mol. The van der Waals surface area contributed by atoms with Crippen LogP contribution in [0.25, 0.3) is 11.3 Å². The van der Waals surface area contributed by atoms with Crippen LogP contribution in [0.5, 0.6) is 0 Å². The minimum Gasteiger partial charge on any atom is -0.326 e. The fourth-order valence-corrected chi connectivity index (χ4v) is 1.32. The quantitative estimate of drug-likeness (QED) is 0.898. The van der Waals surface area contributed by atoms with Gasteiger partial charge in [-0.05, 0) is 11.6 Å². The van der Waals surface area contributed by atoms with Crippen molar-refractivity contribution in [3.8, 4) is 11.3 Å². The number of hydrogen-bond donors (Lipinski definition) is 1. The molecule has 0 saturated carbocycles. The summed E-state index contributed by atoms with van der Waals surface area (Å²) in [6.07, 6.45) is 1.82. The van der Waals surface area contributed by atoms with Crippen LogP contribution in [0.4, 0.5) is 0 Å². The summed E-state index contributed by atoms with van der Waals surface area (Å²) in [5.74, 6) is 0. The molecule has 0 radical (unpaired) electrons. The standard InChI is InChI=1S/C12H12N2.2ClH/c13-8-10-6-7-12(14-9-10)11-4-2-1-3-5-11;;/h1-7,9H,8,13H2;2*1H. The molecule has 0 aliphatic heterocycles. The van der Waals surface area contributed by atoms with Gasteiger partial charge in [-0.3, -0.25) is 4.98 Å². The Hall–Kier alpha value is -1.09. The van der Waals surface area contributed by atoms with Gasteiger partial charge < -0.3 is 5.73 Å². The first-order valence-electron chi connectivity index (χ1n) is 4.60. The SMILES string of the molecule is Cl.Cl.NCc1ccc(-c2ccccc2)nc1. The molecule has 0 spiro atoms. The zero-order valence-electron chi connectivity index (χ0n) is 8.67. The lowest BCUT2D eigenvalue weighted by molar-refractivity contribution is 1.05. The molecule has 0 aliphatic carbocycles. The molecule has 16 heavy (non-hydrogen) atoms. The molecule has 0 fully saturated rings. The van der Waals surface area contributed by atoms with Crippen LogP contribution in [0.1, 0.15) is 5.56 Å². The Morgan fingerprint density at radius 2 is 1.62 bits per heavy atom. The maximum absolute atomic E-state index is 5.50. The molecule has 2 nitrogen and oxygen atoms in total. The zero-order chi connectivity index (χ0) is 9.80. The molecule has 0 amide bonds. The van der Waals surface area contributed by atoms with Crippen LogP contribution in [0.3, 0.4) is 0 Å². The highest BCUT2D eigenvalue weighted by atomic mass is 35.5. The van der Waals surface area contributed by atoms with E-state index >= 15 is 0 Å². The van der Waals surface area contributed by atoms with Gasteiger partial charge in [-0.2, -0.15) is 0 Å². The summed E-state index contributed by atoms with van der Waals surface area (Å²) >= 11 is 0. The fourth-order valence-electron chi connectivity index (χ4n) is 1.32. The van der Waals surface area contributed by atoms with Crippen LogP contribution in [-0.2, 0) is 6.54 Å². The van der Waals surface area contributed by atoms with Crippen molar-refractivity contribution in [2.75, 3.05) is 0 Å². The highest BCUT2D eigenvalue weighted by molar-refractivity contribution is 5.85. The maximum Gasteiger partial charge on any atom is 0.0702 e. The van der Waals surface area contributed by atoms with E-state index < -0.39 is 0 Å². The van der Waals surface area contributed by atoms with Crippen molar-refractivity contribution in [1.29, 1.82) is 0 Å². The number of nitrogens with two attached hydrogens (primary N) is 1. The number of aromatic nitrogens is 1. The van der Waals surface area contributed by atoms with Crippen LogP contribution < -0.4 is 5.73 Å². The first kappa shape index (κ1) is 14.9. The highest BCUT2D eigenvalue weighted by Gasteiger charge is 1.96. The minimum atomic E-state index is 0. The van der Waals surface area contributed by atoms with E-state index in [1.54, 1.807) is 0 Å². The topological polar surface area (TPSA) is 38.9 Å². The van der Waals surface area contributed by atoms with Gasteiger partial charge in [-0.15, -0.1) is 24.8 Å². The second kappa shape index (κ2) is 7.23. The molecule has 2 N–H and O–H groups in total. The third-order valence-corrected chi connectivity index (χ3v) is 2.13. The molecule has 2 rings (SSSR count). The number of pyridine rings is 1. The van der Waals surface area contributed by atoms with E-state index in [1.807, 2.05) is 48.7 Å². The van der Waals surface area contributed by atoms with Crippen molar-refractivity contribution in [3.05, 3.63) is 54.2 Å². The van der Waals surface area contributed by atoms with Crippen LogP contribution in [0.15, 0.2) is 48.7 Å². The van der Waals surface area contributed by atoms with E-state index in [4.69, 9.17) is 5.73 Å². The monoisotopic (exact) mass is 256 g/mol. The normalized spacial score (nSPS) is 8.81. The Morgan fingerprint density at radius 1 is 0.938 bits per heavy atom. The molecule has 0 aliphatic rings. The summed E-state index contributed by atoms with van der Waals surface area (Å²) in [6.45, 7) is 0.544. The van der Waals surface area contributed by atoms with Gasteiger partial charge in [-0.1, -0.05) is 36.4 Å². The molecule has 0 saturated heterocycles. The molecule has 0 unspecified atom stereocenters. The Kier molecular flexibility index (Phi) is 6.74. The lowest BCUT2D eigenvalue weighted by atomic mass is 10.1. The zero-order valence-corrected chi connectivity index (χ0v) is 10.3. The second-order valence-corrected chi connectivity index (χ2v) is 3.12. The van der Waals surface area contributed by atoms with Crippen molar-refractivity contribution in [2.45, 2.75) is 6.54 Å². The average Bonchev–Trinajstić information content (AvgIpc) is 2.30. The molecule has 2 aromatic rings. The number of nitrogens with zero attached hydrogens (tertiary/aromatic N) is 1. The third kappa shape index (κ3) is 3.49. The summed E-state index contributed by atoms with van der Waals surface area (Å²) in [7, 11) is 0. The van der Waals surface area contributed by atoms with Crippen LogP contribution >= 0.6 is 24.8 Å². The third-order valence-electron chi connectivity index (χ3n) is 2.13. The maximum atomic E-state index is 5.50. The van der Waals surface area contributed by atoms with Crippen molar-refractivity contribution in [1.82, 2.24) is 4.98 Å². The van der Waals surface area contributed by atoms with Crippen molar-refractivity contribution in [3.63, 3.8) is 0 Å². The molecule has 0 atom stereocenters. The number of hydrogen-bond acceptors (Lipinski definition) is 2. The van der Waals surface area contributed by atoms with Gasteiger partial charge in [0.25, 0.3) is 0 Å². The fraction of sp³-hybridized carbons (Fsp3) is 0.0833. The van der Waals surface area contributed by atoms with Crippen LogP contribution in [-0.4, -0.2) is 4.98 Å². The van der Waals surface area contributed by atoms with Gasteiger partial charge >= 0.3 is 0 Å². The number of halogens is 2. The van der Waals surface area contributed by atoms with Gasteiger partial charge in [-0.25, -0.2) is 0 Å². The van der Waals surface area contributed by atoms with E-state index in [9.17, 15) is 0 Å². The van der Waals surface area contributed by atoms with Gasteiger partial charge in [0.2, 0.25) is 0 Å². The largest absolute Gasteiger partial charge is 0.326 e. The van der Waals surface area contributed by atoms with Crippen molar-refractivity contribution >= 4 is 24.8 Å². The molecule has 1 heterocycles. The molecule has 1 aromatic carbocycles. The summed E-state index contributed by atoms with van der Waals surface area (Å²) in [4.78, 5) is 4.34. The van der Waals surface area contributed by atoms with Gasteiger partial charge in [0, 0.05) is 18.3 Å². The lowest BCUT2D eigenvalue weighted by Crippen LogP contribution is -1.96. The Balaban J connectivity index is 0.00000112. The van der Waals surface area contributed by atoms with E-state index in [0.717, 1.165) is 16.8 Å². The second-order valence-electron chi connectivity index (χ2n) is 3.12. The Morgan fingerprint density at radius 3 is 2.12 bits per heavy atom. The predicted octanol–water partition coefficient (Wildman–Crippen LogP) is 3.05. The summed E-state index contributed by atoms with van der Waals surface area (Å²) in [6, 6.07) is 14.1. The highest BCUT2D eigenvalue weighted by Crippen LogP contribution is 2.15. The van der Waals surface area contributed by atoms with E-state index in [1.165, 1.54) is 0 Å². The predicted molar refractivity (Wildman–Crippen MR) is 72.1 cm³/mol. The summed E-state index contributed by atoms with van der Waals surface area (Å²) in [5.41, 5.74) is 8.68. The van der Waals surface area contributed by atoms with Crippen molar-refractivity contribution < 1.29 is 0 Å². The molecular weight excluding hydrogens is 243 g/mol.